The number of nitrogens with zero attached hydrogens (tertiary/aromatic N) is 4. The highest BCUT2D eigenvalue weighted by Gasteiger charge is 2.29. The van der Waals surface area contributed by atoms with Gasteiger partial charge in [-0.05, 0) is 18.8 Å². The molecule has 1 saturated carbocycles. The molecule has 1 aliphatic rings. The smallest absolute Gasteiger partial charge is 0.263 e. The van der Waals surface area contributed by atoms with Crippen LogP contribution < -0.4 is 9.45 Å². The summed E-state index contributed by atoms with van der Waals surface area (Å²) in [4.78, 5) is 4.75. The lowest BCUT2D eigenvalue weighted by atomic mass is 10.1. The minimum Gasteiger partial charge on any atom is -0.619 e. The van der Waals surface area contributed by atoms with Gasteiger partial charge < -0.3 is 5.21 Å². The number of benzene rings is 1. The summed E-state index contributed by atoms with van der Waals surface area (Å²) in [5, 5.41) is 15.6. The molecular weight excluding hydrogens is 390 g/mol. The highest BCUT2D eigenvalue weighted by atomic mass is 32.2. The normalized spacial score (nSPS) is 14.2. The summed E-state index contributed by atoms with van der Waals surface area (Å²) in [6, 6.07) is 13.8. The Morgan fingerprint density at radius 2 is 1.83 bits per heavy atom. The van der Waals surface area contributed by atoms with E-state index in [9.17, 15) is 13.6 Å². The van der Waals surface area contributed by atoms with Crippen molar-refractivity contribution in [3.8, 4) is 11.3 Å². The van der Waals surface area contributed by atoms with Crippen LogP contribution in [0.1, 0.15) is 24.3 Å². The lowest BCUT2D eigenvalue weighted by Gasteiger charge is -2.12. The van der Waals surface area contributed by atoms with Crippen molar-refractivity contribution in [1.82, 2.24) is 14.6 Å². The van der Waals surface area contributed by atoms with Gasteiger partial charge in [-0.25, -0.2) is 13.4 Å². The van der Waals surface area contributed by atoms with E-state index in [2.05, 4.69) is 9.82 Å². The van der Waals surface area contributed by atoms with Gasteiger partial charge in [0.05, 0.1) is 16.8 Å². The van der Waals surface area contributed by atoms with Gasteiger partial charge in [-0.3, -0.25) is 4.72 Å². The van der Waals surface area contributed by atoms with E-state index in [0.717, 1.165) is 36.4 Å². The molecular formula is C20H17N5O3S. The van der Waals surface area contributed by atoms with E-state index in [4.69, 9.17) is 4.98 Å². The summed E-state index contributed by atoms with van der Waals surface area (Å²) in [7, 11) is -3.91. The van der Waals surface area contributed by atoms with Crippen LogP contribution in [0.4, 0.5) is 5.82 Å². The molecule has 0 amide bonds. The molecule has 0 radical (unpaired) electrons. The molecule has 9 heteroatoms. The monoisotopic (exact) mass is 407 g/mol. The lowest BCUT2D eigenvalue weighted by molar-refractivity contribution is -0.605. The van der Waals surface area contributed by atoms with E-state index in [0.29, 0.717) is 27.8 Å². The van der Waals surface area contributed by atoms with E-state index in [1.807, 2.05) is 30.3 Å². The summed E-state index contributed by atoms with van der Waals surface area (Å²) in [6.45, 7) is 0. The highest BCUT2D eigenvalue weighted by molar-refractivity contribution is 7.92. The van der Waals surface area contributed by atoms with Crippen LogP contribution in [-0.2, 0) is 10.0 Å². The maximum Gasteiger partial charge on any atom is 0.263 e. The molecule has 5 rings (SSSR count). The van der Waals surface area contributed by atoms with Crippen molar-refractivity contribution in [2.75, 3.05) is 4.72 Å². The van der Waals surface area contributed by atoms with Gasteiger partial charge in [-0.1, -0.05) is 30.3 Å². The maximum absolute atomic E-state index is 12.9. The summed E-state index contributed by atoms with van der Waals surface area (Å²) < 4.78 is 30.4. The molecule has 4 aromatic rings. The fourth-order valence-electron chi connectivity index (χ4n) is 3.27. The van der Waals surface area contributed by atoms with E-state index in [1.54, 1.807) is 12.3 Å². The fourth-order valence-corrected chi connectivity index (χ4v) is 4.29. The zero-order valence-electron chi connectivity index (χ0n) is 15.3. The predicted molar refractivity (Wildman–Crippen MR) is 107 cm³/mol. The molecule has 0 saturated heterocycles. The molecule has 0 unspecified atom stereocenters. The number of nitrogens with one attached hydrogen (secondary N) is 1. The Morgan fingerprint density at radius 1 is 1.10 bits per heavy atom. The maximum atomic E-state index is 12.9. The first kappa shape index (κ1) is 17.6. The Hall–Kier alpha value is -3.46. The largest absolute Gasteiger partial charge is 0.619 e. The van der Waals surface area contributed by atoms with Crippen molar-refractivity contribution in [1.29, 1.82) is 0 Å². The van der Waals surface area contributed by atoms with Gasteiger partial charge in [-0.2, -0.15) is 14.3 Å². The quantitative estimate of drug-likeness (QED) is 0.405. The number of hydrogen-bond acceptors (Lipinski definition) is 5. The standard InChI is InChI=1S/C20H17N5O3S/c26-24-10-8-16(9-11-24)29(27,28)23-19-12-18(15-4-2-1-3-5-15)22-20-17(14-6-7-14)13-21-25(19)20/h1-5,8-14,23H,6-7H2. The number of aromatic nitrogens is 4. The molecule has 1 aromatic carbocycles. The molecule has 0 aliphatic heterocycles. The number of sulfonamides is 1. The van der Waals surface area contributed by atoms with E-state index < -0.39 is 10.0 Å². The minimum absolute atomic E-state index is 0.00889. The van der Waals surface area contributed by atoms with Gasteiger partial charge in [0, 0.05) is 29.3 Å². The van der Waals surface area contributed by atoms with Crippen molar-refractivity contribution < 1.29 is 13.1 Å². The first-order chi connectivity index (χ1) is 14.0. The fraction of sp³-hybridized carbons (Fsp3) is 0.150. The minimum atomic E-state index is -3.91. The van der Waals surface area contributed by atoms with Gasteiger partial charge in [0.15, 0.2) is 18.0 Å². The van der Waals surface area contributed by atoms with Crippen LogP contribution >= 0.6 is 0 Å². The second-order valence-corrected chi connectivity index (χ2v) is 8.68. The number of rotatable bonds is 5. The molecule has 146 valence electrons. The summed E-state index contributed by atoms with van der Waals surface area (Å²) >= 11 is 0. The topological polar surface area (TPSA) is 103 Å². The molecule has 1 aliphatic carbocycles. The van der Waals surface area contributed by atoms with Crippen molar-refractivity contribution >= 4 is 21.5 Å². The van der Waals surface area contributed by atoms with Gasteiger partial charge >= 0.3 is 0 Å². The zero-order chi connectivity index (χ0) is 20.0. The Morgan fingerprint density at radius 3 is 2.52 bits per heavy atom. The molecule has 0 bridgehead atoms. The van der Waals surface area contributed by atoms with Crippen LogP contribution in [0.25, 0.3) is 16.9 Å². The average molecular weight is 407 g/mol. The van der Waals surface area contributed by atoms with Crippen LogP contribution in [0.5, 0.6) is 0 Å². The molecule has 8 nitrogen and oxygen atoms in total. The van der Waals surface area contributed by atoms with Gasteiger partial charge in [0.1, 0.15) is 5.82 Å². The number of anilines is 1. The van der Waals surface area contributed by atoms with Crippen molar-refractivity contribution in [3.63, 3.8) is 0 Å². The lowest BCUT2D eigenvalue weighted by Crippen LogP contribution is -2.25. The van der Waals surface area contributed by atoms with Gasteiger partial charge in [-0.15, -0.1) is 0 Å². The van der Waals surface area contributed by atoms with Crippen LogP contribution in [0.2, 0.25) is 0 Å². The van der Waals surface area contributed by atoms with Crippen LogP contribution in [0, 0.1) is 5.21 Å². The summed E-state index contributed by atoms with van der Waals surface area (Å²) in [5.41, 5.74) is 3.21. The van der Waals surface area contributed by atoms with Gasteiger partial charge in [0.2, 0.25) is 0 Å². The zero-order valence-corrected chi connectivity index (χ0v) is 16.1. The molecule has 0 atom stereocenters. The molecule has 1 fully saturated rings. The number of fused-ring (bicyclic) bond motifs is 1. The van der Waals surface area contributed by atoms with E-state index in [1.165, 1.54) is 16.6 Å². The second-order valence-electron chi connectivity index (χ2n) is 7.00. The second kappa shape index (κ2) is 6.56. The average Bonchev–Trinajstić information content (AvgIpc) is 3.47. The Bertz CT molecular complexity index is 1300. The van der Waals surface area contributed by atoms with Crippen molar-refractivity contribution in [3.05, 3.63) is 77.9 Å². The number of hydrogen-bond donors (Lipinski definition) is 1. The summed E-state index contributed by atoms with van der Waals surface area (Å²) in [5.74, 6) is 0.705. The molecule has 3 heterocycles. The van der Waals surface area contributed by atoms with Crippen molar-refractivity contribution in [2.24, 2.45) is 0 Å². The Labute approximate surface area is 167 Å². The van der Waals surface area contributed by atoms with Crippen LogP contribution in [-0.4, -0.2) is 23.0 Å². The third-order valence-electron chi connectivity index (χ3n) is 4.91. The molecule has 29 heavy (non-hydrogen) atoms. The molecule has 1 N–H and O–H groups in total. The summed E-state index contributed by atoms with van der Waals surface area (Å²) in [6.07, 6.45) is 6.21. The van der Waals surface area contributed by atoms with E-state index >= 15 is 0 Å². The number of pyridine rings is 1. The predicted octanol–water partition coefficient (Wildman–Crippen LogP) is 2.71. The Balaban J connectivity index is 1.65. The first-order valence-electron chi connectivity index (χ1n) is 9.17. The van der Waals surface area contributed by atoms with Crippen molar-refractivity contribution in [2.45, 2.75) is 23.7 Å². The molecule has 3 aromatic heterocycles. The van der Waals surface area contributed by atoms with Crippen LogP contribution in [0.15, 0.2) is 72.0 Å². The van der Waals surface area contributed by atoms with E-state index in [-0.39, 0.29) is 4.90 Å². The third kappa shape index (κ3) is 3.29. The Kier molecular flexibility index (Phi) is 3.99. The SMILES string of the molecule is O=S(=O)(Nc1cc(-c2ccccc2)nc2c(C3CC3)cnn12)c1cc[n+]([O-])cc1. The van der Waals surface area contributed by atoms with Crippen LogP contribution in [0.3, 0.4) is 0 Å². The third-order valence-corrected chi connectivity index (χ3v) is 6.28. The molecule has 0 spiro atoms. The first-order valence-corrected chi connectivity index (χ1v) is 10.7. The van der Waals surface area contributed by atoms with Gasteiger partial charge in [0.25, 0.3) is 10.0 Å². The highest BCUT2D eigenvalue weighted by Crippen LogP contribution is 2.42.